The summed E-state index contributed by atoms with van der Waals surface area (Å²) < 4.78 is 13.2. The molecule has 1 atom stereocenters. The van der Waals surface area contributed by atoms with Crippen molar-refractivity contribution in [3.05, 3.63) is 70.9 Å². The molecule has 3 heterocycles. The third-order valence-corrected chi connectivity index (χ3v) is 4.62. The molecule has 0 aliphatic heterocycles. The van der Waals surface area contributed by atoms with E-state index in [1.54, 1.807) is 24.4 Å². The minimum absolute atomic E-state index is 0. The van der Waals surface area contributed by atoms with Gasteiger partial charge in [0.25, 0.3) is 0 Å². The third-order valence-electron chi connectivity index (χ3n) is 4.42. The summed E-state index contributed by atoms with van der Waals surface area (Å²) >= 11 is 6.05. The van der Waals surface area contributed by atoms with Gasteiger partial charge in [-0.1, -0.05) is 23.7 Å². The van der Waals surface area contributed by atoms with Crippen LogP contribution in [0.2, 0.25) is 5.02 Å². The molecule has 1 aromatic carbocycles. The summed E-state index contributed by atoms with van der Waals surface area (Å²) in [6.45, 7) is 1.87. The van der Waals surface area contributed by atoms with Gasteiger partial charge in [-0.3, -0.25) is 0 Å². The van der Waals surface area contributed by atoms with Crippen LogP contribution in [0.25, 0.3) is 22.4 Å². The highest BCUT2D eigenvalue weighted by molar-refractivity contribution is 6.31. The molecule has 4 rings (SSSR count). The van der Waals surface area contributed by atoms with E-state index in [0.717, 1.165) is 5.56 Å². The van der Waals surface area contributed by atoms with Crippen molar-refractivity contribution in [2.45, 2.75) is 13.0 Å². The molecule has 0 radical (unpaired) electrons. The standard InChI is InChI=1S/C20H15ClFN5O2.3H2/c1-10(11-2-4-13(22)5-3-11)25-17-7-16(20(28)29)26-19(27-17)15-9-24-18-14(15)6-12(21)8-23-18;;;/h2-10H,1H3,(H,23,24)(H,28,29)(H,25,26,27);3*1H/t10-;;;/m0.../s1. The van der Waals surface area contributed by atoms with Crippen LogP contribution < -0.4 is 5.32 Å². The predicted octanol–water partition coefficient (Wildman–Crippen LogP) is 5.42. The quantitative estimate of drug-likeness (QED) is 0.400. The molecular formula is C20H21ClFN5O2. The number of carboxylic acids is 1. The molecule has 0 aliphatic rings. The van der Waals surface area contributed by atoms with Gasteiger partial charge < -0.3 is 15.4 Å². The summed E-state index contributed by atoms with van der Waals surface area (Å²) in [5.41, 5.74) is 1.83. The Balaban J connectivity index is 0.00000171. The Morgan fingerprint density at radius 1 is 1.28 bits per heavy atom. The molecule has 152 valence electrons. The van der Waals surface area contributed by atoms with Crippen molar-refractivity contribution in [2.75, 3.05) is 5.32 Å². The van der Waals surface area contributed by atoms with Crippen molar-refractivity contribution >= 4 is 34.4 Å². The molecule has 0 unspecified atom stereocenters. The summed E-state index contributed by atoms with van der Waals surface area (Å²) in [4.78, 5) is 27.4. The monoisotopic (exact) mass is 417 g/mol. The summed E-state index contributed by atoms with van der Waals surface area (Å²) in [5.74, 6) is -0.963. The van der Waals surface area contributed by atoms with Crippen LogP contribution in [0.15, 0.2) is 48.8 Å². The molecular weight excluding hydrogens is 397 g/mol. The first-order valence-corrected chi connectivity index (χ1v) is 9.06. The highest BCUT2D eigenvalue weighted by Gasteiger charge is 2.17. The van der Waals surface area contributed by atoms with Crippen LogP contribution in [0.1, 0.15) is 33.3 Å². The van der Waals surface area contributed by atoms with Crippen molar-refractivity contribution in [1.82, 2.24) is 19.9 Å². The molecule has 7 nitrogen and oxygen atoms in total. The molecule has 4 aromatic rings. The fourth-order valence-electron chi connectivity index (χ4n) is 2.97. The van der Waals surface area contributed by atoms with Gasteiger partial charge in [-0.15, -0.1) is 0 Å². The average Bonchev–Trinajstić information content (AvgIpc) is 3.11. The number of carboxylic acid groups (broad SMARTS) is 1. The number of aromatic carboxylic acids is 1. The van der Waals surface area contributed by atoms with Crippen molar-refractivity contribution < 1.29 is 18.6 Å². The Kier molecular flexibility index (Phi) is 4.85. The number of anilines is 1. The minimum Gasteiger partial charge on any atom is -0.477 e. The maximum Gasteiger partial charge on any atom is 0.354 e. The minimum atomic E-state index is -1.18. The van der Waals surface area contributed by atoms with Gasteiger partial charge in [0.05, 0.1) is 5.02 Å². The highest BCUT2D eigenvalue weighted by atomic mass is 35.5. The first-order chi connectivity index (χ1) is 13.9. The van der Waals surface area contributed by atoms with Crippen molar-refractivity contribution in [1.29, 1.82) is 0 Å². The molecule has 3 aromatic heterocycles. The number of rotatable bonds is 5. The zero-order valence-electron chi connectivity index (χ0n) is 15.1. The van der Waals surface area contributed by atoms with Gasteiger partial charge in [0.1, 0.15) is 17.3 Å². The molecule has 29 heavy (non-hydrogen) atoms. The maximum absolute atomic E-state index is 13.2. The third kappa shape index (κ3) is 3.88. The number of hydrogen-bond donors (Lipinski definition) is 3. The number of nitrogens with one attached hydrogen (secondary N) is 2. The lowest BCUT2D eigenvalue weighted by Gasteiger charge is -2.16. The van der Waals surface area contributed by atoms with Gasteiger partial charge >= 0.3 is 5.97 Å². The molecule has 0 saturated carbocycles. The van der Waals surface area contributed by atoms with Crippen LogP contribution in [0, 0.1) is 5.82 Å². The number of fused-ring (bicyclic) bond motifs is 1. The second-order valence-corrected chi connectivity index (χ2v) is 6.87. The normalized spacial score (nSPS) is 12.1. The number of H-pyrrole nitrogens is 1. The van der Waals surface area contributed by atoms with Crippen molar-refractivity contribution in [3.63, 3.8) is 0 Å². The smallest absolute Gasteiger partial charge is 0.354 e. The van der Waals surface area contributed by atoms with Gasteiger partial charge in [-0.05, 0) is 30.7 Å². The van der Waals surface area contributed by atoms with Gasteiger partial charge in [0, 0.05) is 39.7 Å². The lowest BCUT2D eigenvalue weighted by atomic mass is 10.1. The molecule has 0 amide bonds. The highest BCUT2D eigenvalue weighted by Crippen LogP contribution is 2.29. The zero-order valence-corrected chi connectivity index (χ0v) is 15.9. The fraction of sp³-hybridized carbons (Fsp3) is 0.100. The molecule has 9 heteroatoms. The Bertz CT molecular complexity index is 1220. The van der Waals surface area contributed by atoms with E-state index >= 15 is 0 Å². The van der Waals surface area contributed by atoms with Gasteiger partial charge in [0.2, 0.25) is 0 Å². The molecule has 0 aliphatic carbocycles. The second-order valence-electron chi connectivity index (χ2n) is 6.44. The summed E-state index contributed by atoms with van der Waals surface area (Å²) in [6, 6.07) is 8.86. The van der Waals surface area contributed by atoms with Crippen LogP contribution in [0.3, 0.4) is 0 Å². The Morgan fingerprint density at radius 2 is 2.03 bits per heavy atom. The van der Waals surface area contributed by atoms with E-state index in [4.69, 9.17) is 11.6 Å². The SMILES string of the molecule is C[C@H](Nc1cc(C(=O)O)nc(-c2c[nH]c3ncc(Cl)cc23)n1)c1ccc(F)cc1.[HH].[HH].[HH]. The lowest BCUT2D eigenvalue weighted by molar-refractivity contribution is 0.0690. The van der Waals surface area contributed by atoms with E-state index in [2.05, 4.69) is 25.3 Å². The van der Waals surface area contributed by atoms with Gasteiger partial charge in [-0.25, -0.2) is 24.1 Å². The Morgan fingerprint density at radius 3 is 2.76 bits per heavy atom. The topological polar surface area (TPSA) is 104 Å². The Labute approximate surface area is 174 Å². The lowest BCUT2D eigenvalue weighted by Crippen LogP contribution is -2.11. The molecule has 0 bridgehead atoms. The average molecular weight is 418 g/mol. The van der Waals surface area contributed by atoms with E-state index in [1.807, 2.05) is 6.92 Å². The number of halogens is 2. The van der Waals surface area contributed by atoms with Crippen molar-refractivity contribution in [3.8, 4) is 11.4 Å². The molecule has 3 N–H and O–H groups in total. The van der Waals surface area contributed by atoms with E-state index in [0.29, 0.717) is 27.4 Å². The van der Waals surface area contributed by atoms with Crippen LogP contribution in [0.4, 0.5) is 10.2 Å². The summed E-state index contributed by atoms with van der Waals surface area (Å²) in [5, 5.41) is 13.7. The second kappa shape index (κ2) is 7.48. The van der Waals surface area contributed by atoms with Crippen LogP contribution in [0.5, 0.6) is 0 Å². The summed E-state index contributed by atoms with van der Waals surface area (Å²) in [6.07, 6.45) is 3.16. The largest absolute Gasteiger partial charge is 0.477 e. The van der Waals surface area contributed by atoms with Crippen LogP contribution in [-0.4, -0.2) is 31.0 Å². The van der Waals surface area contributed by atoms with Crippen LogP contribution >= 0.6 is 11.6 Å². The van der Waals surface area contributed by atoms with E-state index in [1.165, 1.54) is 24.4 Å². The van der Waals surface area contributed by atoms with E-state index in [-0.39, 0.29) is 27.7 Å². The Hall–Kier alpha value is -3.52. The van der Waals surface area contributed by atoms with E-state index < -0.39 is 5.97 Å². The number of nitrogens with zero attached hydrogens (tertiary/aromatic N) is 3. The number of carbonyl (C=O) groups is 1. The zero-order chi connectivity index (χ0) is 20.5. The van der Waals surface area contributed by atoms with Gasteiger partial charge in [-0.2, -0.15) is 0 Å². The number of hydrogen-bond acceptors (Lipinski definition) is 5. The first kappa shape index (κ1) is 18.8. The fourth-order valence-corrected chi connectivity index (χ4v) is 3.13. The van der Waals surface area contributed by atoms with Crippen molar-refractivity contribution in [2.24, 2.45) is 0 Å². The summed E-state index contributed by atoms with van der Waals surface area (Å²) in [7, 11) is 0. The number of aromatic nitrogens is 4. The van der Waals surface area contributed by atoms with E-state index in [9.17, 15) is 14.3 Å². The molecule has 0 fully saturated rings. The first-order valence-electron chi connectivity index (χ1n) is 8.68. The molecule has 0 spiro atoms. The number of aromatic amines is 1. The predicted molar refractivity (Wildman–Crippen MR) is 114 cm³/mol. The maximum atomic E-state index is 13.2. The molecule has 0 saturated heterocycles. The number of benzene rings is 1. The number of pyridine rings is 1. The van der Waals surface area contributed by atoms with Crippen LogP contribution in [-0.2, 0) is 0 Å². The van der Waals surface area contributed by atoms with Gasteiger partial charge in [0.15, 0.2) is 11.5 Å².